The number of hydrogen-bond donors (Lipinski definition) is 1. The third-order valence-corrected chi connectivity index (χ3v) is 3.83. The van der Waals surface area contributed by atoms with Crippen LogP contribution in [0.4, 0.5) is 10.2 Å². The molecule has 0 unspecified atom stereocenters. The molecular formula is C16H20FN3. The summed E-state index contributed by atoms with van der Waals surface area (Å²) in [6, 6.07) is 6.40. The van der Waals surface area contributed by atoms with E-state index in [-0.39, 0.29) is 5.82 Å². The SMILES string of the molecule is CCCCn1c(C2CC2)nc(-c2ccc(F)cc2)c1N. The van der Waals surface area contributed by atoms with E-state index in [1.807, 2.05) is 0 Å². The Bertz CT molecular complexity index is 597. The first kappa shape index (κ1) is 13.2. The van der Waals surface area contributed by atoms with E-state index in [2.05, 4.69) is 11.5 Å². The molecular weight excluding hydrogens is 253 g/mol. The highest BCUT2D eigenvalue weighted by molar-refractivity contribution is 5.71. The van der Waals surface area contributed by atoms with Gasteiger partial charge in [-0.05, 0) is 43.5 Å². The van der Waals surface area contributed by atoms with Crippen LogP contribution >= 0.6 is 0 Å². The molecule has 0 amide bonds. The third-order valence-electron chi connectivity index (χ3n) is 3.83. The van der Waals surface area contributed by atoms with Crippen molar-refractivity contribution in [3.05, 3.63) is 35.9 Å². The summed E-state index contributed by atoms with van der Waals surface area (Å²) in [6.07, 6.45) is 4.63. The fourth-order valence-electron chi connectivity index (χ4n) is 2.51. The summed E-state index contributed by atoms with van der Waals surface area (Å²) in [5, 5.41) is 0. The van der Waals surface area contributed by atoms with Crippen LogP contribution in [0.2, 0.25) is 0 Å². The molecule has 0 radical (unpaired) electrons. The minimum Gasteiger partial charge on any atom is -0.383 e. The fraction of sp³-hybridized carbons (Fsp3) is 0.438. The highest BCUT2D eigenvalue weighted by Gasteiger charge is 2.30. The topological polar surface area (TPSA) is 43.8 Å². The van der Waals surface area contributed by atoms with Crippen LogP contribution < -0.4 is 5.73 Å². The monoisotopic (exact) mass is 273 g/mol. The minimum absolute atomic E-state index is 0.236. The molecule has 2 N–H and O–H groups in total. The Hall–Kier alpha value is -1.84. The van der Waals surface area contributed by atoms with Crippen molar-refractivity contribution in [2.24, 2.45) is 0 Å². The number of halogens is 1. The van der Waals surface area contributed by atoms with Crippen LogP contribution in [-0.4, -0.2) is 9.55 Å². The van der Waals surface area contributed by atoms with Crippen molar-refractivity contribution in [2.75, 3.05) is 5.73 Å². The van der Waals surface area contributed by atoms with E-state index >= 15 is 0 Å². The Balaban J connectivity index is 2.00. The van der Waals surface area contributed by atoms with Gasteiger partial charge >= 0.3 is 0 Å². The summed E-state index contributed by atoms with van der Waals surface area (Å²) < 4.78 is 15.2. The van der Waals surface area contributed by atoms with Gasteiger partial charge in [0.2, 0.25) is 0 Å². The molecule has 3 nitrogen and oxygen atoms in total. The van der Waals surface area contributed by atoms with Gasteiger partial charge < -0.3 is 10.3 Å². The van der Waals surface area contributed by atoms with Crippen molar-refractivity contribution in [1.82, 2.24) is 9.55 Å². The maximum atomic E-state index is 13.0. The summed E-state index contributed by atoms with van der Waals surface area (Å²) in [5.74, 6) is 2.14. The largest absolute Gasteiger partial charge is 0.383 e. The van der Waals surface area contributed by atoms with E-state index in [4.69, 9.17) is 10.7 Å². The molecule has 1 aromatic heterocycles. The zero-order valence-electron chi connectivity index (χ0n) is 11.8. The van der Waals surface area contributed by atoms with Crippen molar-refractivity contribution in [1.29, 1.82) is 0 Å². The van der Waals surface area contributed by atoms with Gasteiger partial charge in [0.25, 0.3) is 0 Å². The van der Waals surface area contributed by atoms with Gasteiger partial charge in [0, 0.05) is 18.0 Å². The third kappa shape index (κ3) is 2.42. The van der Waals surface area contributed by atoms with Crippen molar-refractivity contribution in [2.45, 2.75) is 45.1 Å². The summed E-state index contributed by atoms with van der Waals surface area (Å²) in [5.41, 5.74) is 7.97. The predicted molar refractivity (Wildman–Crippen MR) is 78.9 cm³/mol. The number of rotatable bonds is 5. The highest BCUT2D eigenvalue weighted by Crippen LogP contribution is 2.42. The average molecular weight is 273 g/mol. The van der Waals surface area contributed by atoms with Crippen molar-refractivity contribution < 1.29 is 4.39 Å². The minimum atomic E-state index is -0.236. The van der Waals surface area contributed by atoms with Gasteiger partial charge in [0.1, 0.15) is 23.2 Å². The van der Waals surface area contributed by atoms with Crippen LogP contribution in [0, 0.1) is 5.82 Å². The molecule has 1 aliphatic carbocycles. The molecule has 106 valence electrons. The lowest BCUT2D eigenvalue weighted by atomic mass is 10.1. The molecule has 0 atom stereocenters. The molecule has 2 aromatic rings. The molecule has 4 heteroatoms. The second-order valence-electron chi connectivity index (χ2n) is 5.49. The number of unbranched alkanes of at least 4 members (excludes halogenated alkanes) is 1. The standard InChI is InChI=1S/C16H20FN3/c1-2-3-10-20-15(18)14(19-16(20)12-4-5-12)11-6-8-13(17)9-7-11/h6-9,12H,2-5,10,18H2,1H3. The molecule has 20 heavy (non-hydrogen) atoms. The second kappa shape index (κ2) is 5.27. The van der Waals surface area contributed by atoms with Gasteiger partial charge in [-0.3, -0.25) is 0 Å². The normalized spacial score (nSPS) is 14.7. The van der Waals surface area contributed by atoms with Gasteiger partial charge in [0.15, 0.2) is 0 Å². The Morgan fingerprint density at radius 3 is 2.60 bits per heavy atom. The summed E-state index contributed by atoms with van der Waals surface area (Å²) in [7, 11) is 0. The highest BCUT2D eigenvalue weighted by atomic mass is 19.1. The molecule has 3 rings (SSSR count). The van der Waals surface area contributed by atoms with Gasteiger partial charge in [0.05, 0.1) is 0 Å². The number of benzene rings is 1. The zero-order chi connectivity index (χ0) is 14.1. The Labute approximate surface area is 118 Å². The van der Waals surface area contributed by atoms with Crippen molar-refractivity contribution in [3.8, 4) is 11.3 Å². The van der Waals surface area contributed by atoms with Crippen LogP contribution in [0.5, 0.6) is 0 Å². The van der Waals surface area contributed by atoms with E-state index in [0.29, 0.717) is 11.7 Å². The number of imidazole rings is 1. The number of nitrogens with zero attached hydrogens (tertiary/aromatic N) is 2. The molecule has 0 spiro atoms. The maximum Gasteiger partial charge on any atom is 0.131 e. The summed E-state index contributed by atoms with van der Waals surface area (Å²) >= 11 is 0. The number of hydrogen-bond acceptors (Lipinski definition) is 2. The molecule has 1 aromatic carbocycles. The van der Waals surface area contributed by atoms with E-state index < -0.39 is 0 Å². The number of anilines is 1. The summed E-state index contributed by atoms with van der Waals surface area (Å²) in [4.78, 5) is 4.74. The molecule has 0 aliphatic heterocycles. The maximum absolute atomic E-state index is 13.0. The molecule has 1 heterocycles. The van der Waals surface area contributed by atoms with Crippen LogP contribution in [0.1, 0.15) is 44.3 Å². The first-order valence-corrected chi connectivity index (χ1v) is 7.32. The van der Waals surface area contributed by atoms with E-state index in [1.54, 1.807) is 12.1 Å². The van der Waals surface area contributed by atoms with Crippen LogP contribution in [0.15, 0.2) is 24.3 Å². The lowest BCUT2D eigenvalue weighted by molar-refractivity contribution is 0.609. The Morgan fingerprint density at radius 1 is 1.30 bits per heavy atom. The zero-order valence-corrected chi connectivity index (χ0v) is 11.8. The Kier molecular flexibility index (Phi) is 3.47. The second-order valence-corrected chi connectivity index (χ2v) is 5.49. The van der Waals surface area contributed by atoms with Gasteiger partial charge in [-0.15, -0.1) is 0 Å². The average Bonchev–Trinajstić information content (AvgIpc) is 3.23. The van der Waals surface area contributed by atoms with Crippen LogP contribution in [0.3, 0.4) is 0 Å². The smallest absolute Gasteiger partial charge is 0.131 e. The van der Waals surface area contributed by atoms with Crippen LogP contribution in [-0.2, 0) is 6.54 Å². The Morgan fingerprint density at radius 2 is 2.00 bits per heavy atom. The van der Waals surface area contributed by atoms with Crippen molar-refractivity contribution in [3.63, 3.8) is 0 Å². The molecule has 0 saturated heterocycles. The van der Waals surface area contributed by atoms with Crippen LogP contribution in [0.25, 0.3) is 11.3 Å². The first-order chi connectivity index (χ1) is 9.70. The quantitative estimate of drug-likeness (QED) is 0.896. The number of aromatic nitrogens is 2. The molecule has 0 bridgehead atoms. The van der Waals surface area contributed by atoms with Gasteiger partial charge in [-0.2, -0.15) is 0 Å². The van der Waals surface area contributed by atoms with E-state index in [0.717, 1.165) is 36.5 Å². The lowest BCUT2D eigenvalue weighted by Crippen LogP contribution is -2.06. The lowest BCUT2D eigenvalue weighted by Gasteiger charge is -2.08. The first-order valence-electron chi connectivity index (χ1n) is 7.32. The number of nitrogen functional groups attached to an aromatic ring is 1. The van der Waals surface area contributed by atoms with Gasteiger partial charge in [-0.25, -0.2) is 9.37 Å². The summed E-state index contributed by atoms with van der Waals surface area (Å²) in [6.45, 7) is 3.09. The number of nitrogens with two attached hydrogens (primary N) is 1. The van der Waals surface area contributed by atoms with E-state index in [1.165, 1.54) is 25.0 Å². The van der Waals surface area contributed by atoms with Crippen molar-refractivity contribution >= 4 is 5.82 Å². The van der Waals surface area contributed by atoms with Gasteiger partial charge in [-0.1, -0.05) is 13.3 Å². The predicted octanol–water partition coefficient (Wildman–Crippen LogP) is 3.95. The molecule has 1 fully saturated rings. The fourth-order valence-corrected chi connectivity index (χ4v) is 2.51. The molecule has 1 aliphatic rings. The van der Waals surface area contributed by atoms with E-state index in [9.17, 15) is 4.39 Å². The molecule has 1 saturated carbocycles.